The number of nitrogens with zero attached hydrogens (tertiary/aromatic N) is 2. The average Bonchev–Trinajstić information content (AvgIpc) is 3.59. The predicted octanol–water partition coefficient (Wildman–Crippen LogP) is 12.0. The Hall–Kier alpha value is -2.40. The fourth-order valence-corrected chi connectivity index (χ4v) is 6.17. The lowest BCUT2D eigenvalue weighted by atomic mass is 10.1. The van der Waals surface area contributed by atoms with E-state index in [2.05, 4.69) is 82.6 Å². The minimum atomic E-state index is 0.0477. The number of nitrogens with one attached hydrogen (secondary N) is 2. The lowest BCUT2D eigenvalue weighted by Gasteiger charge is -2.28. The molecule has 5 nitrogen and oxygen atoms in total. The fraction of sp³-hybridized carbons (Fsp3) is 0.721. The Morgan fingerprint density at radius 2 is 1.12 bits per heavy atom. The molecule has 1 unspecified atom stereocenters. The van der Waals surface area contributed by atoms with Gasteiger partial charge in [-0.3, -0.25) is 4.79 Å². The molecular formula is C43H76N4O. The number of imidazole rings is 1. The van der Waals surface area contributed by atoms with Crippen LogP contribution in [0, 0.1) is 0 Å². The van der Waals surface area contributed by atoms with Crippen LogP contribution in [0.5, 0.6) is 0 Å². The van der Waals surface area contributed by atoms with E-state index in [1.165, 1.54) is 135 Å². The summed E-state index contributed by atoms with van der Waals surface area (Å²) in [5, 5.41) is 3.21. The van der Waals surface area contributed by atoms with Crippen molar-refractivity contribution in [3.63, 3.8) is 0 Å². The van der Waals surface area contributed by atoms with E-state index < -0.39 is 0 Å². The molecule has 0 aliphatic heterocycles. The molecule has 0 aliphatic carbocycles. The van der Waals surface area contributed by atoms with Crippen LogP contribution >= 0.6 is 0 Å². The van der Waals surface area contributed by atoms with Gasteiger partial charge in [0, 0.05) is 37.8 Å². The summed E-state index contributed by atoms with van der Waals surface area (Å²) < 4.78 is 0. The normalized spacial score (nSPS) is 12.9. The minimum Gasteiger partial charge on any atom is -0.352 e. The van der Waals surface area contributed by atoms with Crippen LogP contribution in [0.2, 0.25) is 0 Å². The molecule has 5 heteroatoms. The van der Waals surface area contributed by atoms with Crippen LogP contribution in [0.3, 0.4) is 0 Å². The first-order chi connectivity index (χ1) is 23.7. The Morgan fingerprint density at radius 3 is 1.58 bits per heavy atom. The molecule has 1 heterocycles. The average molecular weight is 665 g/mol. The topological polar surface area (TPSA) is 61.0 Å². The molecule has 0 fully saturated rings. The summed E-state index contributed by atoms with van der Waals surface area (Å²) >= 11 is 0. The third-order valence-corrected chi connectivity index (χ3v) is 9.01. The smallest absolute Gasteiger partial charge is 0.217 e. The molecule has 1 amide bonds. The zero-order valence-corrected chi connectivity index (χ0v) is 31.7. The number of amides is 1. The zero-order chi connectivity index (χ0) is 34.6. The number of allylic oxidation sites excluding steroid dienone is 8. The third-order valence-electron chi connectivity index (χ3n) is 9.01. The Balaban J connectivity index is 2.29. The Bertz CT molecular complexity index is 933. The molecule has 274 valence electrons. The van der Waals surface area contributed by atoms with Gasteiger partial charge in [-0.1, -0.05) is 140 Å². The van der Waals surface area contributed by atoms with E-state index in [0.717, 1.165) is 44.6 Å². The molecule has 1 aromatic rings. The summed E-state index contributed by atoms with van der Waals surface area (Å²) in [7, 11) is 0. The molecular weight excluding hydrogens is 589 g/mol. The van der Waals surface area contributed by atoms with Crippen molar-refractivity contribution in [3.8, 4) is 0 Å². The number of rotatable bonds is 34. The second-order valence-corrected chi connectivity index (χ2v) is 13.8. The molecule has 0 bridgehead atoms. The van der Waals surface area contributed by atoms with Crippen molar-refractivity contribution in [2.24, 2.45) is 0 Å². The van der Waals surface area contributed by atoms with Crippen LogP contribution in [0.15, 0.2) is 61.1 Å². The predicted molar refractivity (Wildman–Crippen MR) is 210 cm³/mol. The van der Waals surface area contributed by atoms with Gasteiger partial charge in [0.15, 0.2) is 0 Å². The molecule has 1 atom stereocenters. The number of hydrogen-bond acceptors (Lipinski definition) is 3. The molecule has 0 spiro atoms. The number of H-pyrrole nitrogens is 1. The van der Waals surface area contributed by atoms with Gasteiger partial charge in [-0.15, -0.1) is 0 Å². The van der Waals surface area contributed by atoms with Crippen molar-refractivity contribution in [1.29, 1.82) is 0 Å². The maximum atomic E-state index is 12.0. The van der Waals surface area contributed by atoms with Gasteiger partial charge in [-0.2, -0.15) is 0 Å². The SMILES string of the molecule is CCCC/C=C\C/C=C\CCCCCCCCN(CCCCCCCC/C=C\C/C=C\CCCCC)CC(Cc1cnc[nH]1)NC(C)=O. The Labute approximate surface area is 297 Å². The van der Waals surface area contributed by atoms with E-state index in [1.54, 1.807) is 13.3 Å². The summed E-state index contributed by atoms with van der Waals surface area (Å²) in [6, 6.07) is 0.104. The lowest BCUT2D eigenvalue weighted by Crippen LogP contribution is -2.45. The molecule has 0 saturated heterocycles. The Kier molecular flexibility index (Phi) is 31.3. The number of unbranched alkanes of at least 4 members (excludes halogenated alkanes) is 17. The van der Waals surface area contributed by atoms with E-state index in [1.807, 2.05) is 6.20 Å². The number of aromatic nitrogens is 2. The van der Waals surface area contributed by atoms with Crippen molar-refractivity contribution in [2.45, 2.75) is 181 Å². The molecule has 1 aromatic heterocycles. The number of carbonyl (C=O) groups is 1. The van der Waals surface area contributed by atoms with E-state index in [-0.39, 0.29) is 11.9 Å². The quantitative estimate of drug-likeness (QED) is 0.0569. The van der Waals surface area contributed by atoms with E-state index in [4.69, 9.17) is 0 Å². The minimum absolute atomic E-state index is 0.0477. The molecule has 2 N–H and O–H groups in total. The van der Waals surface area contributed by atoms with E-state index >= 15 is 0 Å². The summed E-state index contributed by atoms with van der Waals surface area (Å²) in [5.74, 6) is 0.0477. The van der Waals surface area contributed by atoms with E-state index in [9.17, 15) is 4.79 Å². The first-order valence-electron chi connectivity index (χ1n) is 20.2. The van der Waals surface area contributed by atoms with Gasteiger partial charge in [-0.25, -0.2) is 4.98 Å². The van der Waals surface area contributed by atoms with Crippen LogP contribution in [-0.2, 0) is 11.2 Å². The monoisotopic (exact) mass is 665 g/mol. The molecule has 1 rings (SSSR count). The van der Waals surface area contributed by atoms with Crippen molar-refractivity contribution in [3.05, 3.63) is 66.8 Å². The summed E-state index contributed by atoms with van der Waals surface area (Å²) in [6.07, 6.45) is 52.4. The van der Waals surface area contributed by atoms with Crippen LogP contribution in [0.25, 0.3) is 0 Å². The van der Waals surface area contributed by atoms with Crippen LogP contribution in [0.1, 0.15) is 174 Å². The maximum absolute atomic E-state index is 12.0. The summed E-state index contributed by atoms with van der Waals surface area (Å²) in [4.78, 5) is 22.0. The van der Waals surface area contributed by atoms with Crippen molar-refractivity contribution in [1.82, 2.24) is 20.2 Å². The molecule has 48 heavy (non-hydrogen) atoms. The molecule has 0 aromatic carbocycles. The van der Waals surface area contributed by atoms with Gasteiger partial charge in [-0.05, 0) is 83.7 Å². The molecule has 0 aliphatic rings. The number of hydrogen-bond donors (Lipinski definition) is 2. The highest BCUT2D eigenvalue weighted by Gasteiger charge is 2.16. The third kappa shape index (κ3) is 29.7. The fourth-order valence-electron chi connectivity index (χ4n) is 6.17. The number of carbonyl (C=O) groups excluding carboxylic acids is 1. The highest BCUT2D eigenvalue weighted by molar-refractivity contribution is 5.73. The first kappa shape index (κ1) is 43.6. The van der Waals surface area contributed by atoms with Gasteiger partial charge in [0.25, 0.3) is 0 Å². The van der Waals surface area contributed by atoms with E-state index in [0.29, 0.717) is 0 Å². The van der Waals surface area contributed by atoms with Crippen LogP contribution in [0.4, 0.5) is 0 Å². The standard InChI is InChI=1S/C43H76N4O/c1-4-6-8-10-12-14-16-18-20-22-24-26-28-30-32-34-36-47(39-43(46-41(3)48)37-42-38-44-40-45-42)35-33-31-29-27-25-23-21-19-17-15-13-11-9-7-5-2/h11-14,17-20,38,40,43H,4-10,15-16,21-37,39H2,1-3H3,(H,44,45)(H,46,48)/b13-11-,14-12-,19-17-,20-18-. The highest BCUT2D eigenvalue weighted by Crippen LogP contribution is 2.13. The number of aromatic amines is 1. The van der Waals surface area contributed by atoms with Gasteiger partial charge in [0.2, 0.25) is 5.91 Å². The van der Waals surface area contributed by atoms with Crippen LogP contribution in [-0.4, -0.2) is 46.5 Å². The van der Waals surface area contributed by atoms with Crippen molar-refractivity contribution < 1.29 is 4.79 Å². The van der Waals surface area contributed by atoms with Crippen molar-refractivity contribution in [2.75, 3.05) is 19.6 Å². The largest absolute Gasteiger partial charge is 0.352 e. The van der Waals surface area contributed by atoms with Gasteiger partial charge in [0.1, 0.15) is 0 Å². The highest BCUT2D eigenvalue weighted by atomic mass is 16.1. The zero-order valence-electron chi connectivity index (χ0n) is 31.7. The van der Waals surface area contributed by atoms with Crippen LogP contribution < -0.4 is 5.32 Å². The first-order valence-corrected chi connectivity index (χ1v) is 20.2. The van der Waals surface area contributed by atoms with Gasteiger partial charge >= 0.3 is 0 Å². The second kappa shape index (κ2) is 34.5. The Morgan fingerprint density at radius 1 is 0.667 bits per heavy atom. The summed E-state index contributed by atoms with van der Waals surface area (Å²) in [5.41, 5.74) is 1.08. The summed E-state index contributed by atoms with van der Waals surface area (Å²) in [6.45, 7) is 9.28. The maximum Gasteiger partial charge on any atom is 0.217 e. The van der Waals surface area contributed by atoms with Crippen molar-refractivity contribution >= 4 is 5.91 Å². The lowest BCUT2D eigenvalue weighted by molar-refractivity contribution is -0.119. The molecule has 0 saturated carbocycles. The van der Waals surface area contributed by atoms with Gasteiger partial charge in [0.05, 0.1) is 6.33 Å². The second-order valence-electron chi connectivity index (χ2n) is 13.8. The molecule has 0 radical (unpaired) electrons. The van der Waals surface area contributed by atoms with Gasteiger partial charge < -0.3 is 15.2 Å².